The van der Waals surface area contributed by atoms with Crippen molar-refractivity contribution in [3.05, 3.63) is 70.8 Å². The Labute approximate surface area is 262 Å². The average Bonchev–Trinajstić information content (AvgIpc) is 3.10. The van der Waals surface area contributed by atoms with Gasteiger partial charge >= 0.3 is 0 Å². The highest BCUT2D eigenvalue weighted by Crippen LogP contribution is 2.46. The van der Waals surface area contributed by atoms with E-state index in [9.17, 15) is 13.8 Å². The van der Waals surface area contributed by atoms with Gasteiger partial charge in [0.15, 0.2) is 0 Å². The summed E-state index contributed by atoms with van der Waals surface area (Å²) >= 11 is 0. The van der Waals surface area contributed by atoms with Crippen molar-refractivity contribution in [2.24, 2.45) is 22.1 Å². The number of carbonyl (C=O) groups excluding carboxylic acids is 2. The molecule has 0 N–H and O–H groups in total. The first-order chi connectivity index (χ1) is 21.1. The Kier molecular flexibility index (Phi) is 8.77. The van der Waals surface area contributed by atoms with Crippen LogP contribution in [-0.2, 0) is 31.1 Å². The first kappa shape index (κ1) is 31.0. The molecule has 1 spiro atoms. The fraction of sp³-hybridized carbons (Fsp3) is 0.556. The first-order valence-electron chi connectivity index (χ1n) is 16.2. The number of rotatable bonds is 3. The Morgan fingerprint density at radius 1 is 1.20 bits per heavy atom. The Morgan fingerprint density at radius 3 is 2.80 bits per heavy atom. The smallest absolute Gasteiger partial charge is 0.285 e. The van der Waals surface area contributed by atoms with E-state index in [0.717, 1.165) is 56.6 Å². The number of benzene rings is 2. The zero-order valence-corrected chi connectivity index (χ0v) is 27.4. The van der Waals surface area contributed by atoms with Crippen LogP contribution in [0.3, 0.4) is 0 Å². The Morgan fingerprint density at radius 2 is 2.05 bits per heavy atom. The number of allylic oxidation sites excluding steroid dienone is 1. The van der Waals surface area contributed by atoms with Crippen LogP contribution in [0.1, 0.15) is 73.0 Å². The van der Waals surface area contributed by atoms with E-state index in [0.29, 0.717) is 30.4 Å². The number of ketones is 1. The number of fused-ring (bicyclic) bond motifs is 4. The van der Waals surface area contributed by atoms with E-state index in [4.69, 9.17) is 9.47 Å². The van der Waals surface area contributed by atoms with Gasteiger partial charge in [0.1, 0.15) is 11.5 Å². The van der Waals surface area contributed by atoms with Crippen LogP contribution in [0.25, 0.3) is 0 Å². The molecular formula is C36H46N2O5S. The average molecular weight is 619 g/mol. The number of nitrogens with zero attached hydrogens (tertiary/aromatic N) is 2. The Bertz CT molecular complexity index is 1590. The van der Waals surface area contributed by atoms with Crippen LogP contribution in [0.15, 0.2) is 52.9 Å². The van der Waals surface area contributed by atoms with Crippen molar-refractivity contribution in [3.8, 4) is 5.75 Å². The van der Waals surface area contributed by atoms with Crippen LogP contribution in [0.4, 0.5) is 5.69 Å². The number of Topliss-reactive ketones (excluding diaryl/α,β-unsaturated/α-hetero) is 1. The summed E-state index contributed by atoms with van der Waals surface area (Å²) in [7, 11) is -1.29. The predicted molar refractivity (Wildman–Crippen MR) is 175 cm³/mol. The van der Waals surface area contributed by atoms with Crippen molar-refractivity contribution >= 4 is 27.1 Å². The monoisotopic (exact) mass is 618 g/mol. The Hall–Kier alpha value is -2.97. The van der Waals surface area contributed by atoms with Gasteiger partial charge in [0.05, 0.1) is 33.9 Å². The lowest BCUT2D eigenvalue weighted by atomic mass is 9.68. The molecule has 0 unspecified atom stereocenters. The van der Waals surface area contributed by atoms with Gasteiger partial charge in [-0.25, -0.2) is 4.21 Å². The van der Waals surface area contributed by atoms with Gasteiger partial charge in [-0.15, -0.1) is 0 Å². The van der Waals surface area contributed by atoms with Crippen LogP contribution in [-0.4, -0.2) is 60.3 Å². The third-order valence-electron chi connectivity index (χ3n) is 10.2. The van der Waals surface area contributed by atoms with Crippen LogP contribution in [0, 0.1) is 24.7 Å². The summed E-state index contributed by atoms with van der Waals surface area (Å²) in [5.74, 6) is 0.791. The van der Waals surface area contributed by atoms with E-state index < -0.39 is 15.6 Å². The molecule has 7 nitrogen and oxygen atoms in total. The summed E-state index contributed by atoms with van der Waals surface area (Å²) in [6.07, 6.45) is 10.4. The zero-order valence-electron chi connectivity index (χ0n) is 26.6. The van der Waals surface area contributed by atoms with Crippen LogP contribution < -0.4 is 9.64 Å². The molecule has 44 heavy (non-hydrogen) atoms. The molecular weight excluding hydrogens is 572 g/mol. The van der Waals surface area contributed by atoms with Gasteiger partial charge in [0.2, 0.25) is 0 Å². The minimum atomic E-state index is -3.08. The summed E-state index contributed by atoms with van der Waals surface area (Å²) < 4.78 is 30.9. The molecule has 1 amide bonds. The third kappa shape index (κ3) is 6.25. The SMILES string of the molecule is CO[C@H]1/C=C/C[C@H](C)C[S@@](=O)(CC(C)=O)=NC(=O)c2ccc3c(c2)N(C[C@@H]2CC[C@H]21)C[C@@]1(CCCc2cc(C)ccc21)CO3. The van der Waals surface area contributed by atoms with Crippen LogP contribution in [0.5, 0.6) is 5.75 Å². The molecule has 6 rings (SSSR count). The minimum Gasteiger partial charge on any atom is -0.490 e. The Balaban J connectivity index is 1.46. The predicted octanol–water partition coefficient (Wildman–Crippen LogP) is 6.30. The van der Waals surface area contributed by atoms with E-state index in [1.165, 1.54) is 23.6 Å². The van der Waals surface area contributed by atoms with Crippen molar-refractivity contribution in [2.45, 2.75) is 70.8 Å². The lowest BCUT2D eigenvalue weighted by molar-refractivity contribution is -0.114. The van der Waals surface area contributed by atoms with Gasteiger partial charge in [-0.3, -0.25) is 9.59 Å². The molecule has 8 heteroatoms. The van der Waals surface area contributed by atoms with Crippen molar-refractivity contribution in [1.82, 2.24) is 0 Å². The van der Waals surface area contributed by atoms with Crippen molar-refractivity contribution in [3.63, 3.8) is 0 Å². The maximum Gasteiger partial charge on any atom is 0.285 e. The fourth-order valence-corrected chi connectivity index (χ4v) is 10.3. The standard InChI is InChI=1S/C36H46N2O5S/c1-24-10-14-31-27(17-24)8-6-16-36(31)22-38-19-29-11-13-30(29)33(42-4)9-5-7-25(2)20-44(41,21-26(3)39)37-35(40)28-12-15-34(43-23-36)32(38)18-28/h5,9-10,12,14-15,17-18,25,29-30,33H,6-8,11,13,16,19-23H2,1-4H3/b9-5+/t25-,29-,30+,33-,36-,44+/m0/s1. The lowest BCUT2D eigenvalue weighted by Crippen LogP contribution is -2.49. The molecule has 2 heterocycles. The summed E-state index contributed by atoms with van der Waals surface area (Å²) in [6.45, 7) is 7.77. The van der Waals surface area contributed by atoms with Gasteiger partial charge in [0.25, 0.3) is 5.91 Å². The van der Waals surface area contributed by atoms with Crippen LogP contribution >= 0.6 is 0 Å². The molecule has 6 atom stereocenters. The number of methoxy groups -OCH3 is 1. The van der Waals surface area contributed by atoms with E-state index in [1.54, 1.807) is 13.2 Å². The largest absolute Gasteiger partial charge is 0.490 e. The molecule has 0 radical (unpaired) electrons. The molecule has 236 valence electrons. The molecule has 1 fully saturated rings. The fourth-order valence-electron chi connectivity index (χ4n) is 7.95. The number of ether oxygens (including phenoxy) is 2. The van der Waals surface area contributed by atoms with Gasteiger partial charge in [-0.1, -0.05) is 42.8 Å². The molecule has 0 saturated heterocycles. The van der Waals surface area contributed by atoms with Gasteiger partial charge in [-0.05, 0) is 99.5 Å². The third-order valence-corrected chi connectivity index (χ3v) is 12.6. The topological polar surface area (TPSA) is 85.3 Å². The zero-order chi connectivity index (χ0) is 31.1. The molecule has 1 saturated carbocycles. The summed E-state index contributed by atoms with van der Waals surface area (Å²) in [4.78, 5) is 28.2. The van der Waals surface area contributed by atoms with E-state index >= 15 is 0 Å². The lowest BCUT2D eigenvalue weighted by Gasteiger charge is -2.46. The molecule has 2 aromatic rings. The van der Waals surface area contributed by atoms with Gasteiger partial charge < -0.3 is 14.4 Å². The highest BCUT2D eigenvalue weighted by Gasteiger charge is 2.44. The second-order valence-electron chi connectivity index (χ2n) is 13.8. The molecule has 2 bridgehead atoms. The first-order valence-corrected chi connectivity index (χ1v) is 18.0. The van der Waals surface area contributed by atoms with E-state index in [-0.39, 0.29) is 34.7 Å². The number of hydrogen-bond acceptors (Lipinski definition) is 6. The summed E-state index contributed by atoms with van der Waals surface area (Å²) in [5, 5.41) is 0. The normalized spacial score (nSPS) is 32.7. The van der Waals surface area contributed by atoms with Crippen LogP contribution in [0.2, 0.25) is 0 Å². The summed E-state index contributed by atoms with van der Waals surface area (Å²) in [5.41, 5.74) is 5.17. The number of anilines is 1. The molecule has 2 aliphatic carbocycles. The second-order valence-corrected chi connectivity index (χ2v) is 16.1. The molecule has 2 aliphatic heterocycles. The maximum atomic E-state index is 14.0. The minimum absolute atomic E-state index is 0.00284. The molecule has 0 aromatic heterocycles. The number of hydrogen-bond donors (Lipinski definition) is 0. The van der Waals surface area contributed by atoms with Gasteiger partial charge in [0, 0.05) is 36.9 Å². The second kappa shape index (κ2) is 12.4. The highest BCUT2D eigenvalue weighted by molar-refractivity contribution is 7.94. The van der Waals surface area contributed by atoms with Crippen molar-refractivity contribution in [1.29, 1.82) is 0 Å². The van der Waals surface area contributed by atoms with Crippen molar-refractivity contribution < 1.29 is 23.3 Å². The highest BCUT2D eigenvalue weighted by atomic mass is 32.2. The summed E-state index contributed by atoms with van der Waals surface area (Å²) in [6, 6.07) is 12.3. The number of aryl methyl sites for hydroxylation is 2. The number of amides is 1. The maximum absolute atomic E-state index is 14.0. The number of carbonyl (C=O) groups is 2. The van der Waals surface area contributed by atoms with E-state index in [2.05, 4.69) is 46.5 Å². The quantitative estimate of drug-likeness (QED) is 0.375. The molecule has 2 aromatic carbocycles. The van der Waals surface area contributed by atoms with Crippen molar-refractivity contribution in [2.75, 3.05) is 43.2 Å². The molecule has 4 aliphatic rings. The van der Waals surface area contributed by atoms with Gasteiger partial charge in [-0.2, -0.15) is 4.36 Å². The van der Waals surface area contributed by atoms with E-state index in [1.807, 2.05) is 19.1 Å².